The number of piperidine rings is 1. The Morgan fingerprint density at radius 1 is 1.35 bits per heavy atom. The Hall–Kier alpha value is -1.53. The van der Waals surface area contributed by atoms with Crippen LogP contribution in [0, 0.1) is 12.8 Å². The molecule has 0 bridgehead atoms. The van der Waals surface area contributed by atoms with Crippen LogP contribution in [-0.2, 0) is 0 Å². The van der Waals surface area contributed by atoms with E-state index in [-0.39, 0.29) is 12.8 Å². The van der Waals surface area contributed by atoms with Gasteiger partial charge in [-0.05, 0) is 26.7 Å². The summed E-state index contributed by atoms with van der Waals surface area (Å²) in [5.41, 5.74) is 0.886. The number of nitrogens with zero attached hydrogens (tertiary/aromatic N) is 3. The van der Waals surface area contributed by atoms with Crippen molar-refractivity contribution in [3.8, 4) is 0 Å². The van der Waals surface area contributed by atoms with E-state index in [0.29, 0.717) is 25.6 Å². The van der Waals surface area contributed by atoms with Gasteiger partial charge in [0.15, 0.2) is 0 Å². The second kappa shape index (κ2) is 5.85. The number of rotatable bonds is 3. The summed E-state index contributed by atoms with van der Waals surface area (Å²) in [5, 5.41) is 3.02. The van der Waals surface area contributed by atoms with Crippen LogP contribution in [0.25, 0.3) is 0 Å². The van der Waals surface area contributed by atoms with Gasteiger partial charge in [-0.15, -0.1) is 0 Å². The maximum absolute atomic E-state index is 12.7. The highest BCUT2D eigenvalue weighted by molar-refractivity contribution is 5.49. The number of aromatic nitrogens is 2. The Kier molecular flexibility index (Phi) is 4.35. The molecule has 0 atom stereocenters. The highest BCUT2D eigenvalue weighted by Crippen LogP contribution is 2.35. The molecule has 0 aliphatic carbocycles. The van der Waals surface area contributed by atoms with Crippen LogP contribution in [0.5, 0.6) is 0 Å². The molecule has 1 aliphatic rings. The van der Waals surface area contributed by atoms with Crippen LogP contribution in [0.15, 0.2) is 6.20 Å². The maximum Gasteiger partial charge on any atom is 0.391 e. The predicted octanol–water partition coefficient (Wildman–Crippen LogP) is 3.00. The van der Waals surface area contributed by atoms with Gasteiger partial charge in [-0.1, -0.05) is 0 Å². The highest BCUT2D eigenvalue weighted by Gasteiger charge is 2.41. The van der Waals surface area contributed by atoms with Crippen LogP contribution in [0.1, 0.15) is 25.3 Å². The molecular weight excluding hydrogens is 269 g/mol. The quantitative estimate of drug-likeness (QED) is 0.928. The van der Waals surface area contributed by atoms with E-state index < -0.39 is 12.1 Å². The molecule has 1 fully saturated rings. The van der Waals surface area contributed by atoms with Crippen molar-refractivity contribution in [3.05, 3.63) is 11.8 Å². The molecule has 7 heteroatoms. The number of hydrogen-bond donors (Lipinski definition) is 1. The SMILES string of the molecule is CCNc1ncc(C)c(N2CCC(C(F)(F)F)CC2)n1. The first-order valence-corrected chi connectivity index (χ1v) is 6.81. The maximum atomic E-state index is 12.7. The van der Waals surface area contributed by atoms with Crippen molar-refractivity contribution in [1.82, 2.24) is 9.97 Å². The first-order valence-electron chi connectivity index (χ1n) is 6.81. The number of nitrogens with one attached hydrogen (secondary N) is 1. The van der Waals surface area contributed by atoms with Crippen LogP contribution in [0.4, 0.5) is 24.9 Å². The van der Waals surface area contributed by atoms with Gasteiger partial charge in [-0.2, -0.15) is 18.2 Å². The summed E-state index contributed by atoms with van der Waals surface area (Å²) in [7, 11) is 0. The van der Waals surface area contributed by atoms with E-state index in [9.17, 15) is 13.2 Å². The summed E-state index contributed by atoms with van der Waals surface area (Å²) >= 11 is 0. The third-order valence-corrected chi connectivity index (χ3v) is 3.54. The molecule has 112 valence electrons. The van der Waals surface area contributed by atoms with Crippen molar-refractivity contribution < 1.29 is 13.2 Å². The monoisotopic (exact) mass is 288 g/mol. The van der Waals surface area contributed by atoms with Crippen molar-refractivity contribution in [2.75, 3.05) is 29.9 Å². The van der Waals surface area contributed by atoms with Crippen LogP contribution in [0.2, 0.25) is 0 Å². The van der Waals surface area contributed by atoms with E-state index in [2.05, 4.69) is 15.3 Å². The molecule has 1 aromatic heterocycles. The number of halogens is 3. The fourth-order valence-electron chi connectivity index (χ4n) is 2.42. The average molecular weight is 288 g/mol. The Morgan fingerprint density at radius 2 is 2.00 bits per heavy atom. The fraction of sp³-hybridized carbons (Fsp3) is 0.692. The number of anilines is 2. The number of aryl methyl sites for hydroxylation is 1. The second-order valence-corrected chi connectivity index (χ2v) is 5.03. The number of alkyl halides is 3. The van der Waals surface area contributed by atoms with Gasteiger partial charge >= 0.3 is 6.18 Å². The van der Waals surface area contributed by atoms with Gasteiger partial charge in [0.1, 0.15) is 5.82 Å². The third kappa shape index (κ3) is 3.32. The van der Waals surface area contributed by atoms with Gasteiger partial charge in [0.05, 0.1) is 5.92 Å². The van der Waals surface area contributed by atoms with E-state index in [1.807, 2.05) is 18.7 Å². The van der Waals surface area contributed by atoms with E-state index in [4.69, 9.17) is 0 Å². The molecule has 1 aliphatic heterocycles. The Morgan fingerprint density at radius 3 is 2.55 bits per heavy atom. The van der Waals surface area contributed by atoms with E-state index in [0.717, 1.165) is 11.4 Å². The van der Waals surface area contributed by atoms with Crippen LogP contribution < -0.4 is 10.2 Å². The van der Waals surface area contributed by atoms with Gasteiger partial charge in [-0.3, -0.25) is 0 Å². The zero-order valence-electron chi connectivity index (χ0n) is 11.7. The molecule has 0 unspecified atom stereocenters. The van der Waals surface area contributed by atoms with Crippen LogP contribution in [0.3, 0.4) is 0 Å². The van der Waals surface area contributed by atoms with Gasteiger partial charge < -0.3 is 10.2 Å². The van der Waals surface area contributed by atoms with Gasteiger partial charge in [-0.25, -0.2) is 4.98 Å². The van der Waals surface area contributed by atoms with Crippen LogP contribution >= 0.6 is 0 Å². The number of hydrogen-bond acceptors (Lipinski definition) is 4. The summed E-state index contributed by atoms with van der Waals surface area (Å²) in [6, 6.07) is 0. The largest absolute Gasteiger partial charge is 0.391 e. The zero-order chi connectivity index (χ0) is 14.8. The molecule has 0 saturated carbocycles. The summed E-state index contributed by atoms with van der Waals surface area (Å²) in [4.78, 5) is 10.5. The molecule has 4 nitrogen and oxygen atoms in total. The van der Waals surface area contributed by atoms with E-state index in [1.165, 1.54) is 0 Å². The van der Waals surface area contributed by atoms with Gasteiger partial charge in [0.25, 0.3) is 0 Å². The summed E-state index contributed by atoms with van der Waals surface area (Å²) < 4.78 is 38.0. The Bertz CT molecular complexity index is 453. The lowest BCUT2D eigenvalue weighted by atomic mass is 9.96. The van der Waals surface area contributed by atoms with Crippen molar-refractivity contribution in [2.45, 2.75) is 32.9 Å². The minimum Gasteiger partial charge on any atom is -0.356 e. The lowest BCUT2D eigenvalue weighted by molar-refractivity contribution is -0.179. The second-order valence-electron chi connectivity index (χ2n) is 5.03. The van der Waals surface area contributed by atoms with Crippen molar-refractivity contribution in [3.63, 3.8) is 0 Å². The topological polar surface area (TPSA) is 41.1 Å². The first kappa shape index (κ1) is 14.9. The van der Waals surface area contributed by atoms with Crippen LogP contribution in [-0.4, -0.2) is 35.8 Å². The normalized spacial score (nSPS) is 17.4. The minimum absolute atomic E-state index is 0.128. The lowest BCUT2D eigenvalue weighted by Gasteiger charge is -2.34. The predicted molar refractivity (Wildman–Crippen MR) is 71.9 cm³/mol. The smallest absolute Gasteiger partial charge is 0.356 e. The van der Waals surface area contributed by atoms with Crippen molar-refractivity contribution in [2.24, 2.45) is 5.92 Å². The Balaban J connectivity index is 2.08. The van der Waals surface area contributed by atoms with Gasteiger partial charge in [0, 0.05) is 31.4 Å². The molecular formula is C13H19F3N4. The molecule has 2 rings (SSSR count). The lowest BCUT2D eigenvalue weighted by Crippen LogP contribution is -2.39. The van der Waals surface area contributed by atoms with E-state index >= 15 is 0 Å². The molecule has 0 amide bonds. The molecule has 1 N–H and O–H groups in total. The standard InChI is InChI=1S/C13H19F3N4/c1-3-17-12-18-8-9(2)11(19-12)20-6-4-10(5-7-20)13(14,15)16/h8,10H,3-7H2,1-2H3,(H,17,18,19). The van der Waals surface area contributed by atoms with E-state index in [1.54, 1.807) is 6.20 Å². The Labute approximate surface area is 116 Å². The first-order chi connectivity index (χ1) is 9.41. The summed E-state index contributed by atoms with van der Waals surface area (Å²) in [6.07, 6.45) is -2.12. The molecule has 1 aromatic rings. The summed E-state index contributed by atoms with van der Waals surface area (Å²) in [5.74, 6) is 0.0664. The van der Waals surface area contributed by atoms with Crippen molar-refractivity contribution >= 4 is 11.8 Å². The van der Waals surface area contributed by atoms with Crippen molar-refractivity contribution in [1.29, 1.82) is 0 Å². The van der Waals surface area contributed by atoms with Gasteiger partial charge in [0.2, 0.25) is 5.95 Å². The molecule has 0 radical (unpaired) electrons. The molecule has 1 saturated heterocycles. The molecule has 0 spiro atoms. The molecule has 2 heterocycles. The highest BCUT2D eigenvalue weighted by atomic mass is 19.4. The molecule has 20 heavy (non-hydrogen) atoms. The summed E-state index contributed by atoms with van der Waals surface area (Å²) in [6.45, 7) is 5.29. The fourth-order valence-corrected chi connectivity index (χ4v) is 2.42. The average Bonchev–Trinajstić information content (AvgIpc) is 2.40. The third-order valence-electron chi connectivity index (χ3n) is 3.54. The molecule has 0 aromatic carbocycles. The zero-order valence-corrected chi connectivity index (χ0v) is 11.7. The minimum atomic E-state index is -4.08.